The Morgan fingerprint density at radius 2 is 2.00 bits per heavy atom. The monoisotopic (exact) mass is 331 g/mol. The summed E-state index contributed by atoms with van der Waals surface area (Å²) in [5.41, 5.74) is 6.88. The molecular formula is C20H21N5. The van der Waals surface area contributed by atoms with Crippen molar-refractivity contribution in [3.63, 3.8) is 0 Å². The summed E-state index contributed by atoms with van der Waals surface area (Å²) >= 11 is 0. The molecule has 0 unspecified atom stereocenters. The number of H-pyrrole nitrogens is 2. The first kappa shape index (κ1) is 15.6. The van der Waals surface area contributed by atoms with Crippen LogP contribution in [0.5, 0.6) is 0 Å². The van der Waals surface area contributed by atoms with Gasteiger partial charge in [-0.05, 0) is 37.6 Å². The van der Waals surface area contributed by atoms with Crippen molar-refractivity contribution in [2.24, 2.45) is 0 Å². The quantitative estimate of drug-likeness (QED) is 0.558. The van der Waals surface area contributed by atoms with Crippen LogP contribution < -0.4 is 0 Å². The zero-order valence-corrected chi connectivity index (χ0v) is 14.5. The number of nitrogens with zero attached hydrogens (tertiary/aromatic N) is 3. The average Bonchev–Trinajstić information content (AvgIpc) is 3.26. The number of hydrogen-bond donors (Lipinski definition) is 2. The number of aromatic nitrogens is 5. The molecule has 5 heteroatoms. The molecule has 0 aliphatic rings. The minimum atomic E-state index is 0.926. The lowest BCUT2D eigenvalue weighted by atomic mass is 10.1. The van der Waals surface area contributed by atoms with Crippen molar-refractivity contribution in [1.82, 2.24) is 24.9 Å². The molecule has 0 bridgehead atoms. The van der Waals surface area contributed by atoms with Gasteiger partial charge in [0.2, 0.25) is 0 Å². The third kappa shape index (κ3) is 3.05. The number of imidazole rings is 2. The molecule has 126 valence electrons. The smallest absolute Gasteiger partial charge is 0.107 e. The summed E-state index contributed by atoms with van der Waals surface area (Å²) in [6.45, 7) is 4.20. The highest BCUT2D eigenvalue weighted by Crippen LogP contribution is 2.31. The van der Waals surface area contributed by atoms with Crippen LogP contribution in [0.2, 0.25) is 0 Å². The predicted octanol–water partition coefficient (Wildman–Crippen LogP) is 4.67. The van der Waals surface area contributed by atoms with Crippen molar-refractivity contribution in [1.29, 1.82) is 0 Å². The zero-order valence-electron chi connectivity index (χ0n) is 14.5. The second-order valence-corrected chi connectivity index (χ2v) is 6.31. The number of hydrogen-bond acceptors (Lipinski definition) is 3. The van der Waals surface area contributed by atoms with Crippen LogP contribution in [0.15, 0.2) is 42.7 Å². The second kappa shape index (κ2) is 6.51. The van der Waals surface area contributed by atoms with Crippen LogP contribution in [-0.2, 0) is 6.42 Å². The maximum Gasteiger partial charge on any atom is 0.107 e. The summed E-state index contributed by atoms with van der Waals surface area (Å²) in [5.74, 6) is 1.01. The van der Waals surface area contributed by atoms with Gasteiger partial charge in [-0.1, -0.05) is 25.5 Å². The lowest BCUT2D eigenvalue weighted by Crippen LogP contribution is -1.90. The van der Waals surface area contributed by atoms with E-state index in [0.717, 1.165) is 64.5 Å². The SMILES string of the molecule is CCCCc1nc(-c2ccc3nc[nH]c3c2)c(-c2cccc(C)n2)[nH]1. The second-order valence-electron chi connectivity index (χ2n) is 6.31. The fraction of sp³-hybridized carbons (Fsp3) is 0.250. The Bertz CT molecular complexity index is 1010. The van der Waals surface area contributed by atoms with E-state index in [-0.39, 0.29) is 0 Å². The normalized spacial score (nSPS) is 11.3. The molecule has 0 amide bonds. The topological polar surface area (TPSA) is 70.2 Å². The van der Waals surface area contributed by atoms with Gasteiger partial charge < -0.3 is 9.97 Å². The molecule has 0 saturated heterocycles. The molecule has 0 spiro atoms. The lowest BCUT2D eigenvalue weighted by molar-refractivity contribution is 0.763. The first-order valence-corrected chi connectivity index (χ1v) is 8.71. The van der Waals surface area contributed by atoms with Crippen LogP contribution in [0.4, 0.5) is 0 Å². The number of aromatic amines is 2. The van der Waals surface area contributed by atoms with Gasteiger partial charge in [-0.25, -0.2) is 9.97 Å². The third-order valence-corrected chi connectivity index (χ3v) is 4.36. The van der Waals surface area contributed by atoms with Crippen molar-refractivity contribution in [3.05, 3.63) is 54.2 Å². The maximum atomic E-state index is 4.89. The molecule has 4 aromatic rings. The van der Waals surface area contributed by atoms with E-state index in [2.05, 4.69) is 39.0 Å². The van der Waals surface area contributed by atoms with Crippen LogP contribution in [-0.4, -0.2) is 24.9 Å². The van der Waals surface area contributed by atoms with Gasteiger partial charge in [0.15, 0.2) is 0 Å². The minimum Gasteiger partial charge on any atom is -0.345 e. The van der Waals surface area contributed by atoms with E-state index in [1.54, 1.807) is 6.33 Å². The van der Waals surface area contributed by atoms with Crippen molar-refractivity contribution >= 4 is 11.0 Å². The van der Waals surface area contributed by atoms with Gasteiger partial charge in [-0.15, -0.1) is 0 Å². The summed E-state index contributed by atoms with van der Waals surface area (Å²) in [5, 5.41) is 0. The molecular weight excluding hydrogens is 310 g/mol. The van der Waals surface area contributed by atoms with Crippen molar-refractivity contribution in [3.8, 4) is 22.6 Å². The van der Waals surface area contributed by atoms with E-state index in [1.165, 1.54) is 0 Å². The largest absolute Gasteiger partial charge is 0.345 e. The first-order chi connectivity index (χ1) is 12.2. The molecule has 1 aromatic carbocycles. The van der Waals surface area contributed by atoms with Crippen LogP contribution in [0.25, 0.3) is 33.7 Å². The highest BCUT2D eigenvalue weighted by Gasteiger charge is 2.16. The highest BCUT2D eigenvalue weighted by molar-refractivity contribution is 5.84. The van der Waals surface area contributed by atoms with Gasteiger partial charge >= 0.3 is 0 Å². The summed E-state index contributed by atoms with van der Waals surface area (Å²) in [6.07, 6.45) is 4.93. The Labute approximate surface area is 146 Å². The first-order valence-electron chi connectivity index (χ1n) is 8.71. The van der Waals surface area contributed by atoms with Gasteiger partial charge in [0.25, 0.3) is 0 Å². The lowest BCUT2D eigenvalue weighted by Gasteiger charge is -2.04. The number of pyridine rings is 1. The molecule has 5 nitrogen and oxygen atoms in total. The Balaban J connectivity index is 1.85. The zero-order chi connectivity index (χ0) is 17.2. The number of aryl methyl sites for hydroxylation is 2. The van der Waals surface area contributed by atoms with Crippen molar-refractivity contribution < 1.29 is 0 Å². The molecule has 3 heterocycles. The summed E-state index contributed by atoms with van der Waals surface area (Å²) in [7, 11) is 0. The number of fused-ring (bicyclic) bond motifs is 1. The molecule has 2 N–H and O–H groups in total. The number of unbranched alkanes of at least 4 members (excludes halogenated alkanes) is 1. The Morgan fingerprint density at radius 1 is 1.08 bits per heavy atom. The van der Waals surface area contributed by atoms with Crippen molar-refractivity contribution in [2.75, 3.05) is 0 Å². The maximum absolute atomic E-state index is 4.89. The minimum absolute atomic E-state index is 0.926. The van der Waals surface area contributed by atoms with Gasteiger partial charge in [0.05, 0.1) is 34.4 Å². The highest BCUT2D eigenvalue weighted by atomic mass is 15.0. The third-order valence-electron chi connectivity index (χ3n) is 4.36. The van der Waals surface area contributed by atoms with E-state index >= 15 is 0 Å². The van der Waals surface area contributed by atoms with E-state index in [4.69, 9.17) is 4.98 Å². The molecule has 25 heavy (non-hydrogen) atoms. The average molecular weight is 331 g/mol. The van der Waals surface area contributed by atoms with Gasteiger partial charge in [-0.3, -0.25) is 4.98 Å². The summed E-state index contributed by atoms with van der Waals surface area (Å²) < 4.78 is 0. The molecule has 0 fully saturated rings. The Morgan fingerprint density at radius 3 is 2.84 bits per heavy atom. The molecule has 0 saturated carbocycles. The standard InChI is InChI=1S/C20H21N5/c1-3-4-8-18-24-19(14-9-10-15-17(11-14)22-12-21-15)20(25-18)16-7-5-6-13(2)23-16/h5-7,9-12H,3-4,8H2,1-2H3,(H,21,22)(H,24,25). The van der Waals surface area contributed by atoms with E-state index < -0.39 is 0 Å². The molecule has 0 radical (unpaired) electrons. The van der Waals surface area contributed by atoms with Gasteiger partial charge in [-0.2, -0.15) is 0 Å². The van der Waals surface area contributed by atoms with E-state index in [9.17, 15) is 0 Å². The molecule has 0 atom stereocenters. The predicted molar refractivity (Wildman–Crippen MR) is 100 cm³/mol. The molecule has 4 rings (SSSR count). The fourth-order valence-electron chi connectivity index (χ4n) is 3.04. The number of benzene rings is 1. The van der Waals surface area contributed by atoms with Crippen LogP contribution in [0.1, 0.15) is 31.3 Å². The van der Waals surface area contributed by atoms with Crippen LogP contribution in [0.3, 0.4) is 0 Å². The van der Waals surface area contributed by atoms with Gasteiger partial charge in [0.1, 0.15) is 5.82 Å². The van der Waals surface area contributed by atoms with E-state index in [1.807, 2.05) is 31.2 Å². The fourth-order valence-corrected chi connectivity index (χ4v) is 3.04. The van der Waals surface area contributed by atoms with E-state index in [0.29, 0.717) is 0 Å². The molecule has 0 aliphatic heterocycles. The molecule has 0 aliphatic carbocycles. The van der Waals surface area contributed by atoms with Gasteiger partial charge in [0, 0.05) is 17.7 Å². The number of nitrogens with one attached hydrogen (secondary N) is 2. The molecule has 3 aromatic heterocycles. The Hall–Kier alpha value is -2.95. The van der Waals surface area contributed by atoms with Crippen LogP contribution in [0, 0.1) is 6.92 Å². The van der Waals surface area contributed by atoms with Crippen molar-refractivity contribution in [2.45, 2.75) is 33.1 Å². The summed E-state index contributed by atoms with van der Waals surface area (Å²) in [6, 6.07) is 12.3. The summed E-state index contributed by atoms with van der Waals surface area (Å²) in [4.78, 5) is 20.5. The number of rotatable bonds is 5. The Kier molecular flexibility index (Phi) is 4.06. The van der Waals surface area contributed by atoms with Crippen LogP contribution >= 0.6 is 0 Å².